The third kappa shape index (κ3) is 2.04. The van der Waals surface area contributed by atoms with Crippen molar-refractivity contribution in [2.24, 2.45) is 0 Å². The average Bonchev–Trinajstić information content (AvgIpc) is 2.75. The van der Waals surface area contributed by atoms with Crippen LogP contribution in [0.15, 0.2) is 36.4 Å². The van der Waals surface area contributed by atoms with Crippen molar-refractivity contribution in [2.75, 3.05) is 0 Å². The number of hydrogen-bond acceptors (Lipinski definition) is 3. The van der Waals surface area contributed by atoms with E-state index in [9.17, 15) is 4.39 Å². The molecule has 3 aromatic rings. The van der Waals surface area contributed by atoms with Crippen LogP contribution < -0.4 is 0 Å². The topological polar surface area (TPSA) is 43.6 Å². The standard InChI is InChI=1S/C12H8ClFN4/c13-11-6-5-10-12(15-11)18(17-16-10)7-8-1-3-9(14)4-2-8/h1-6H,7H2. The highest BCUT2D eigenvalue weighted by molar-refractivity contribution is 6.29. The molecule has 3 rings (SSSR count). The highest BCUT2D eigenvalue weighted by Crippen LogP contribution is 2.14. The lowest BCUT2D eigenvalue weighted by Gasteiger charge is -2.02. The zero-order valence-electron chi connectivity index (χ0n) is 9.22. The molecule has 2 heterocycles. The Kier molecular flexibility index (Phi) is 2.68. The van der Waals surface area contributed by atoms with E-state index in [1.807, 2.05) is 0 Å². The Hall–Kier alpha value is -2.01. The first kappa shape index (κ1) is 11.1. The van der Waals surface area contributed by atoms with E-state index in [0.29, 0.717) is 22.9 Å². The van der Waals surface area contributed by atoms with E-state index >= 15 is 0 Å². The predicted octanol–water partition coefficient (Wildman–Crippen LogP) is 2.67. The van der Waals surface area contributed by atoms with Crippen molar-refractivity contribution in [2.45, 2.75) is 6.54 Å². The molecule has 0 spiro atoms. The summed E-state index contributed by atoms with van der Waals surface area (Å²) in [5.74, 6) is -0.261. The van der Waals surface area contributed by atoms with Crippen LogP contribution in [-0.2, 0) is 6.54 Å². The van der Waals surface area contributed by atoms with Gasteiger partial charge in [0.2, 0.25) is 0 Å². The normalized spacial score (nSPS) is 11.0. The minimum atomic E-state index is -0.261. The summed E-state index contributed by atoms with van der Waals surface area (Å²) in [5, 5.41) is 8.39. The summed E-state index contributed by atoms with van der Waals surface area (Å²) in [6.07, 6.45) is 0. The van der Waals surface area contributed by atoms with Gasteiger partial charge in [-0.25, -0.2) is 14.1 Å². The fourth-order valence-electron chi connectivity index (χ4n) is 1.70. The number of benzene rings is 1. The molecule has 0 aliphatic heterocycles. The molecule has 18 heavy (non-hydrogen) atoms. The maximum absolute atomic E-state index is 12.8. The molecule has 0 N–H and O–H groups in total. The molecule has 4 nitrogen and oxygen atoms in total. The smallest absolute Gasteiger partial charge is 0.180 e. The van der Waals surface area contributed by atoms with Gasteiger partial charge in [-0.1, -0.05) is 28.9 Å². The van der Waals surface area contributed by atoms with Gasteiger partial charge in [0.05, 0.1) is 6.54 Å². The van der Waals surface area contributed by atoms with E-state index in [4.69, 9.17) is 11.6 Å². The number of halogens is 2. The fraction of sp³-hybridized carbons (Fsp3) is 0.0833. The van der Waals surface area contributed by atoms with Gasteiger partial charge in [0.15, 0.2) is 5.65 Å². The maximum atomic E-state index is 12.8. The largest absolute Gasteiger partial charge is 0.223 e. The molecule has 0 saturated heterocycles. The average molecular weight is 263 g/mol. The van der Waals surface area contributed by atoms with Crippen molar-refractivity contribution in [3.63, 3.8) is 0 Å². The highest BCUT2D eigenvalue weighted by atomic mass is 35.5. The van der Waals surface area contributed by atoms with Crippen molar-refractivity contribution in [3.05, 3.63) is 52.9 Å². The zero-order valence-corrected chi connectivity index (χ0v) is 9.97. The van der Waals surface area contributed by atoms with Gasteiger partial charge >= 0.3 is 0 Å². The summed E-state index contributed by atoms with van der Waals surface area (Å²) >= 11 is 5.84. The van der Waals surface area contributed by atoms with Crippen LogP contribution in [-0.4, -0.2) is 20.0 Å². The molecule has 0 radical (unpaired) electrons. The molecule has 0 fully saturated rings. The number of hydrogen-bond donors (Lipinski definition) is 0. The molecule has 6 heteroatoms. The van der Waals surface area contributed by atoms with Crippen LogP contribution in [0.4, 0.5) is 4.39 Å². The lowest BCUT2D eigenvalue weighted by atomic mass is 10.2. The van der Waals surface area contributed by atoms with Gasteiger partial charge in [-0.05, 0) is 29.8 Å². The molecule has 0 amide bonds. The van der Waals surface area contributed by atoms with Crippen LogP contribution >= 0.6 is 11.6 Å². The fourth-order valence-corrected chi connectivity index (χ4v) is 1.84. The molecular formula is C12H8ClFN4. The molecule has 90 valence electrons. The van der Waals surface area contributed by atoms with E-state index in [0.717, 1.165) is 5.56 Å². The van der Waals surface area contributed by atoms with Crippen molar-refractivity contribution in [3.8, 4) is 0 Å². The first-order chi connectivity index (χ1) is 8.72. The van der Waals surface area contributed by atoms with E-state index in [-0.39, 0.29) is 5.82 Å². The zero-order chi connectivity index (χ0) is 12.5. The van der Waals surface area contributed by atoms with Crippen molar-refractivity contribution in [1.82, 2.24) is 20.0 Å². The van der Waals surface area contributed by atoms with Crippen LogP contribution in [0.25, 0.3) is 11.2 Å². The summed E-state index contributed by atoms with van der Waals surface area (Å²) in [7, 11) is 0. The van der Waals surface area contributed by atoms with Crippen LogP contribution in [0.1, 0.15) is 5.56 Å². The van der Waals surface area contributed by atoms with E-state index < -0.39 is 0 Å². The highest BCUT2D eigenvalue weighted by Gasteiger charge is 2.07. The molecule has 0 bridgehead atoms. The monoisotopic (exact) mass is 262 g/mol. The Balaban J connectivity index is 1.99. The number of aromatic nitrogens is 4. The third-order valence-electron chi connectivity index (χ3n) is 2.57. The minimum absolute atomic E-state index is 0.261. The summed E-state index contributed by atoms with van der Waals surface area (Å²) in [6.45, 7) is 0.476. The molecule has 0 aliphatic carbocycles. The number of nitrogens with zero attached hydrogens (tertiary/aromatic N) is 4. The Morgan fingerprint density at radius 1 is 1.11 bits per heavy atom. The van der Waals surface area contributed by atoms with Gasteiger partial charge in [0, 0.05) is 0 Å². The number of pyridine rings is 1. The molecule has 0 aliphatic rings. The summed E-state index contributed by atoms with van der Waals surface area (Å²) < 4.78 is 14.4. The lowest BCUT2D eigenvalue weighted by molar-refractivity contribution is 0.623. The summed E-state index contributed by atoms with van der Waals surface area (Å²) in [6, 6.07) is 9.66. The maximum Gasteiger partial charge on any atom is 0.180 e. The van der Waals surface area contributed by atoms with Crippen LogP contribution in [0.5, 0.6) is 0 Å². The second-order valence-electron chi connectivity index (χ2n) is 3.85. The van der Waals surface area contributed by atoms with Crippen molar-refractivity contribution < 1.29 is 4.39 Å². The molecule has 2 aromatic heterocycles. The van der Waals surface area contributed by atoms with E-state index in [1.54, 1.807) is 28.9 Å². The van der Waals surface area contributed by atoms with Gasteiger partial charge < -0.3 is 0 Å². The van der Waals surface area contributed by atoms with Gasteiger partial charge in [-0.3, -0.25) is 0 Å². The quantitative estimate of drug-likeness (QED) is 0.667. The summed E-state index contributed by atoms with van der Waals surface area (Å²) in [5.41, 5.74) is 2.22. The SMILES string of the molecule is Fc1ccc(Cn2nnc3ccc(Cl)nc32)cc1. The molecule has 0 unspecified atom stereocenters. The van der Waals surface area contributed by atoms with Crippen molar-refractivity contribution in [1.29, 1.82) is 0 Å². The molecular weight excluding hydrogens is 255 g/mol. The molecule has 1 aromatic carbocycles. The van der Waals surface area contributed by atoms with E-state index in [1.165, 1.54) is 12.1 Å². The van der Waals surface area contributed by atoms with Crippen LogP contribution in [0, 0.1) is 5.82 Å². The Morgan fingerprint density at radius 3 is 2.67 bits per heavy atom. The van der Waals surface area contributed by atoms with Crippen LogP contribution in [0.3, 0.4) is 0 Å². The number of rotatable bonds is 2. The van der Waals surface area contributed by atoms with Gasteiger partial charge in [0.1, 0.15) is 16.5 Å². The Labute approximate surface area is 107 Å². The first-order valence-electron chi connectivity index (χ1n) is 5.32. The second-order valence-corrected chi connectivity index (χ2v) is 4.24. The lowest BCUT2D eigenvalue weighted by Crippen LogP contribution is -2.03. The number of fused-ring (bicyclic) bond motifs is 1. The Bertz CT molecular complexity index is 693. The summed E-state index contributed by atoms with van der Waals surface area (Å²) in [4.78, 5) is 4.18. The third-order valence-corrected chi connectivity index (χ3v) is 2.78. The predicted molar refractivity (Wildman–Crippen MR) is 65.8 cm³/mol. The van der Waals surface area contributed by atoms with E-state index in [2.05, 4.69) is 15.3 Å². The van der Waals surface area contributed by atoms with Gasteiger partial charge in [-0.15, -0.1) is 5.10 Å². The molecule has 0 saturated carbocycles. The Morgan fingerprint density at radius 2 is 1.89 bits per heavy atom. The molecule has 0 atom stereocenters. The van der Waals surface area contributed by atoms with Gasteiger partial charge in [0.25, 0.3) is 0 Å². The second kappa shape index (κ2) is 4.34. The van der Waals surface area contributed by atoms with Crippen LogP contribution in [0.2, 0.25) is 5.15 Å². The van der Waals surface area contributed by atoms with Gasteiger partial charge in [-0.2, -0.15) is 0 Å². The van der Waals surface area contributed by atoms with Crippen molar-refractivity contribution >= 4 is 22.8 Å². The first-order valence-corrected chi connectivity index (χ1v) is 5.70. The minimum Gasteiger partial charge on any atom is -0.223 e.